The van der Waals surface area contributed by atoms with Crippen LogP contribution in [0.2, 0.25) is 0 Å². The zero-order chi connectivity index (χ0) is 14.8. The molecule has 0 saturated carbocycles. The molecule has 0 bridgehead atoms. The molecule has 21 heavy (non-hydrogen) atoms. The SMILES string of the molecule is C=Cc1ccc(-c2cc3ccc(OC)cc3oc2=O)cc1. The lowest BCUT2D eigenvalue weighted by Gasteiger charge is -2.05. The first-order chi connectivity index (χ1) is 10.2. The van der Waals surface area contributed by atoms with Crippen molar-refractivity contribution in [3.05, 3.63) is 71.1 Å². The Morgan fingerprint density at radius 3 is 2.52 bits per heavy atom. The van der Waals surface area contributed by atoms with E-state index >= 15 is 0 Å². The number of rotatable bonds is 3. The highest BCUT2D eigenvalue weighted by Gasteiger charge is 2.08. The van der Waals surface area contributed by atoms with Crippen molar-refractivity contribution < 1.29 is 9.15 Å². The zero-order valence-corrected chi connectivity index (χ0v) is 11.6. The van der Waals surface area contributed by atoms with Gasteiger partial charge in [0.2, 0.25) is 0 Å². The van der Waals surface area contributed by atoms with E-state index in [1.165, 1.54) is 0 Å². The van der Waals surface area contributed by atoms with Gasteiger partial charge in [-0.2, -0.15) is 0 Å². The third-order valence-electron chi connectivity index (χ3n) is 3.40. The van der Waals surface area contributed by atoms with Gasteiger partial charge in [-0.25, -0.2) is 4.79 Å². The Morgan fingerprint density at radius 2 is 1.86 bits per heavy atom. The molecule has 0 N–H and O–H groups in total. The first-order valence-electron chi connectivity index (χ1n) is 6.56. The van der Waals surface area contributed by atoms with E-state index < -0.39 is 0 Å². The van der Waals surface area contributed by atoms with Crippen LogP contribution in [0.1, 0.15) is 5.56 Å². The summed E-state index contributed by atoms with van der Waals surface area (Å²) in [6.07, 6.45) is 1.76. The van der Waals surface area contributed by atoms with Crippen molar-refractivity contribution >= 4 is 17.0 Å². The van der Waals surface area contributed by atoms with E-state index in [1.807, 2.05) is 42.5 Å². The lowest BCUT2D eigenvalue weighted by atomic mass is 10.0. The Hall–Kier alpha value is -2.81. The molecule has 0 aliphatic carbocycles. The molecule has 3 rings (SSSR count). The van der Waals surface area contributed by atoms with E-state index in [0.29, 0.717) is 16.9 Å². The van der Waals surface area contributed by atoms with Crippen LogP contribution in [0.5, 0.6) is 5.75 Å². The topological polar surface area (TPSA) is 39.4 Å². The van der Waals surface area contributed by atoms with Crippen LogP contribution in [-0.2, 0) is 0 Å². The summed E-state index contributed by atoms with van der Waals surface area (Å²) in [4.78, 5) is 12.2. The van der Waals surface area contributed by atoms with Crippen molar-refractivity contribution in [1.29, 1.82) is 0 Å². The molecule has 3 nitrogen and oxygen atoms in total. The highest BCUT2D eigenvalue weighted by atomic mass is 16.5. The Kier molecular flexibility index (Phi) is 3.32. The van der Waals surface area contributed by atoms with E-state index in [9.17, 15) is 4.79 Å². The molecule has 0 atom stereocenters. The largest absolute Gasteiger partial charge is 0.497 e. The van der Waals surface area contributed by atoms with Crippen LogP contribution in [0.4, 0.5) is 0 Å². The lowest BCUT2D eigenvalue weighted by molar-refractivity contribution is 0.414. The van der Waals surface area contributed by atoms with Crippen molar-refractivity contribution in [2.45, 2.75) is 0 Å². The average molecular weight is 278 g/mol. The second kappa shape index (κ2) is 5.29. The zero-order valence-electron chi connectivity index (χ0n) is 11.6. The molecule has 0 saturated heterocycles. The molecule has 3 heteroatoms. The Morgan fingerprint density at radius 1 is 1.10 bits per heavy atom. The summed E-state index contributed by atoms with van der Waals surface area (Å²) in [5.41, 5.74) is 2.54. The van der Waals surface area contributed by atoms with Crippen LogP contribution in [0.15, 0.2) is 64.3 Å². The molecule has 1 heterocycles. The first-order valence-corrected chi connectivity index (χ1v) is 6.56. The molecule has 0 aliphatic rings. The maximum atomic E-state index is 12.2. The van der Waals surface area contributed by atoms with Gasteiger partial charge in [0.25, 0.3) is 0 Å². The molecule has 0 aliphatic heterocycles. The molecule has 0 spiro atoms. The van der Waals surface area contributed by atoms with Crippen LogP contribution in [-0.4, -0.2) is 7.11 Å². The standard InChI is InChI=1S/C18H14O3/c1-3-12-4-6-13(7-5-12)16-10-14-8-9-15(20-2)11-17(14)21-18(16)19/h3-11H,1H2,2H3. The number of methoxy groups -OCH3 is 1. The Balaban J connectivity index is 2.16. The maximum Gasteiger partial charge on any atom is 0.344 e. The molecule has 104 valence electrons. The van der Waals surface area contributed by atoms with Crippen LogP contribution in [0, 0.1) is 0 Å². The fourth-order valence-electron chi connectivity index (χ4n) is 2.22. The summed E-state index contributed by atoms with van der Waals surface area (Å²) in [5.74, 6) is 0.661. The summed E-state index contributed by atoms with van der Waals surface area (Å²) in [6.45, 7) is 3.72. The van der Waals surface area contributed by atoms with E-state index in [4.69, 9.17) is 9.15 Å². The number of benzene rings is 2. The summed E-state index contributed by atoms with van der Waals surface area (Å²) >= 11 is 0. The van der Waals surface area contributed by atoms with E-state index in [1.54, 1.807) is 19.3 Å². The fourth-order valence-corrected chi connectivity index (χ4v) is 2.22. The van der Waals surface area contributed by atoms with Crippen LogP contribution < -0.4 is 10.4 Å². The van der Waals surface area contributed by atoms with Gasteiger partial charge in [-0.15, -0.1) is 0 Å². The monoisotopic (exact) mass is 278 g/mol. The Bertz CT molecular complexity index is 858. The molecular weight excluding hydrogens is 264 g/mol. The number of hydrogen-bond donors (Lipinski definition) is 0. The smallest absolute Gasteiger partial charge is 0.344 e. The predicted octanol–water partition coefficient (Wildman–Crippen LogP) is 4.11. The van der Waals surface area contributed by atoms with Gasteiger partial charge in [-0.05, 0) is 29.3 Å². The van der Waals surface area contributed by atoms with Gasteiger partial charge in [0.15, 0.2) is 0 Å². The molecule has 0 fully saturated rings. The van der Waals surface area contributed by atoms with Crippen molar-refractivity contribution in [3.63, 3.8) is 0 Å². The number of ether oxygens (including phenoxy) is 1. The van der Waals surface area contributed by atoms with Crippen molar-refractivity contribution in [3.8, 4) is 16.9 Å². The molecule has 0 radical (unpaired) electrons. The maximum absolute atomic E-state index is 12.2. The summed E-state index contributed by atoms with van der Waals surface area (Å²) in [7, 11) is 1.58. The third kappa shape index (κ3) is 2.46. The second-order valence-electron chi connectivity index (χ2n) is 4.68. The van der Waals surface area contributed by atoms with Gasteiger partial charge in [0, 0.05) is 11.5 Å². The molecule has 0 amide bonds. The molecule has 1 aromatic heterocycles. The van der Waals surface area contributed by atoms with Gasteiger partial charge in [0.05, 0.1) is 12.7 Å². The van der Waals surface area contributed by atoms with Crippen molar-refractivity contribution in [2.24, 2.45) is 0 Å². The quantitative estimate of drug-likeness (QED) is 0.677. The lowest BCUT2D eigenvalue weighted by Crippen LogP contribution is -2.02. The van der Waals surface area contributed by atoms with Gasteiger partial charge < -0.3 is 9.15 Å². The molecule has 3 aromatic rings. The molecular formula is C18H14O3. The minimum Gasteiger partial charge on any atom is -0.497 e. The molecule has 0 unspecified atom stereocenters. The predicted molar refractivity (Wildman–Crippen MR) is 84.6 cm³/mol. The van der Waals surface area contributed by atoms with E-state index in [2.05, 4.69) is 6.58 Å². The minimum absolute atomic E-state index is 0.359. The first kappa shape index (κ1) is 13.2. The summed E-state index contributed by atoms with van der Waals surface area (Å²) in [5, 5.41) is 0.859. The molecule has 2 aromatic carbocycles. The van der Waals surface area contributed by atoms with Gasteiger partial charge in [0.1, 0.15) is 11.3 Å². The normalized spacial score (nSPS) is 10.5. The van der Waals surface area contributed by atoms with Crippen LogP contribution in [0.3, 0.4) is 0 Å². The fraction of sp³-hybridized carbons (Fsp3) is 0.0556. The van der Waals surface area contributed by atoms with E-state index in [-0.39, 0.29) is 5.63 Å². The van der Waals surface area contributed by atoms with Crippen LogP contribution >= 0.6 is 0 Å². The van der Waals surface area contributed by atoms with Gasteiger partial charge in [-0.3, -0.25) is 0 Å². The summed E-state index contributed by atoms with van der Waals surface area (Å²) < 4.78 is 10.5. The van der Waals surface area contributed by atoms with Crippen molar-refractivity contribution in [2.75, 3.05) is 7.11 Å². The number of hydrogen-bond acceptors (Lipinski definition) is 3. The van der Waals surface area contributed by atoms with Gasteiger partial charge >= 0.3 is 5.63 Å². The third-order valence-corrected chi connectivity index (χ3v) is 3.40. The highest BCUT2D eigenvalue weighted by Crippen LogP contribution is 2.24. The average Bonchev–Trinajstić information content (AvgIpc) is 2.53. The van der Waals surface area contributed by atoms with Gasteiger partial charge in [-0.1, -0.05) is 36.9 Å². The van der Waals surface area contributed by atoms with E-state index in [0.717, 1.165) is 16.5 Å². The number of fused-ring (bicyclic) bond motifs is 1. The van der Waals surface area contributed by atoms with Crippen molar-refractivity contribution in [1.82, 2.24) is 0 Å². The highest BCUT2D eigenvalue weighted by molar-refractivity contribution is 5.82. The Labute approximate surface area is 122 Å². The van der Waals surface area contributed by atoms with Crippen LogP contribution in [0.25, 0.3) is 28.2 Å². The minimum atomic E-state index is -0.359. The summed E-state index contributed by atoms with van der Waals surface area (Å²) in [6, 6.07) is 14.9. The second-order valence-corrected chi connectivity index (χ2v) is 4.68.